The van der Waals surface area contributed by atoms with Gasteiger partial charge in [0, 0.05) is 0 Å². The molecule has 0 heterocycles. The van der Waals surface area contributed by atoms with Crippen molar-refractivity contribution >= 4 is 5.97 Å². The normalized spacial score (nSPS) is 25.4. The van der Waals surface area contributed by atoms with Crippen molar-refractivity contribution in [2.24, 2.45) is 17.8 Å². The first kappa shape index (κ1) is 23.9. The van der Waals surface area contributed by atoms with Crippen LogP contribution in [0.25, 0.3) is 0 Å². The van der Waals surface area contributed by atoms with Crippen LogP contribution in [0.2, 0.25) is 0 Å². The monoisotopic (exact) mass is 448 g/mol. The van der Waals surface area contributed by atoms with E-state index in [1.807, 2.05) is 31.2 Å². The van der Waals surface area contributed by atoms with Gasteiger partial charge in [-0.2, -0.15) is 0 Å². The first-order valence-corrected chi connectivity index (χ1v) is 13.2. The number of carbonyl (C=O) groups excluding carboxylic acids is 1. The fourth-order valence-corrected chi connectivity index (χ4v) is 6.11. The molecule has 0 aliphatic heterocycles. The van der Waals surface area contributed by atoms with Gasteiger partial charge in [0.05, 0.1) is 12.2 Å². The maximum atomic E-state index is 12.5. The Bertz CT molecular complexity index is 854. The third-order valence-electron chi connectivity index (χ3n) is 7.99. The first-order valence-electron chi connectivity index (χ1n) is 13.2. The number of ether oxygens (including phenoxy) is 2. The predicted octanol–water partition coefficient (Wildman–Crippen LogP) is 8.18. The maximum absolute atomic E-state index is 12.5. The minimum absolute atomic E-state index is 0.312. The van der Waals surface area contributed by atoms with Gasteiger partial charge in [0.1, 0.15) is 11.5 Å². The highest BCUT2D eigenvalue weighted by atomic mass is 16.5. The second-order valence-electron chi connectivity index (χ2n) is 10.1. The molecule has 0 bridgehead atoms. The van der Waals surface area contributed by atoms with Crippen LogP contribution in [-0.2, 0) is 0 Å². The van der Waals surface area contributed by atoms with Crippen LogP contribution < -0.4 is 9.47 Å². The van der Waals surface area contributed by atoms with E-state index in [4.69, 9.17) is 9.47 Å². The zero-order valence-electron chi connectivity index (χ0n) is 20.4. The smallest absolute Gasteiger partial charge is 0.343 e. The Kier molecular flexibility index (Phi) is 8.47. The highest BCUT2D eigenvalue weighted by Crippen LogP contribution is 2.44. The predicted molar refractivity (Wildman–Crippen MR) is 134 cm³/mol. The highest BCUT2D eigenvalue weighted by Gasteiger charge is 2.31. The molecule has 0 spiro atoms. The molecule has 0 unspecified atom stereocenters. The van der Waals surface area contributed by atoms with Crippen molar-refractivity contribution in [1.82, 2.24) is 0 Å². The first-order chi connectivity index (χ1) is 16.2. The van der Waals surface area contributed by atoms with Gasteiger partial charge in [-0.15, -0.1) is 0 Å². The average molecular weight is 449 g/mol. The number of hydrogen-bond acceptors (Lipinski definition) is 3. The van der Waals surface area contributed by atoms with E-state index in [0.717, 1.165) is 23.5 Å². The standard InChI is InChI=1S/C30H40O3/c1-3-5-22-6-8-23(9-7-22)24-10-12-25(13-11-24)26-14-16-27(17-15-26)30(31)33-29-20-18-28(19-21-29)32-4-2/h14-25H,3-13H2,1-2H3/t22-,23-,24?,25?. The van der Waals surface area contributed by atoms with Gasteiger partial charge in [-0.3, -0.25) is 0 Å². The summed E-state index contributed by atoms with van der Waals surface area (Å²) in [5.74, 6) is 4.55. The molecule has 3 heteroatoms. The van der Waals surface area contributed by atoms with Crippen LogP contribution in [0.3, 0.4) is 0 Å². The quantitative estimate of drug-likeness (QED) is 0.302. The Morgan fingerprint density at radius 1 is 0.758 bits per heavy atom. The van der Waals surface area contributed by atoms with Crippen LogP contribution in [0.1, 0.15) is 99.9 Å². The van der Waals surface area contributed by atoms with Gasteiger partial charge in [-0.25, -0.2) is 4.79 Å². The second-order valence-corrected chi connectivity index (χ2v) is 10.1. The average Bonchev–Trinajstić information content (AvgIpc) is 2.86. The molecule has 0 amide bonds. The fraction of sp³-hybridized carbons (Fsp3) is 0.567. The van der Waals surface area contributed by atoms with Gasteiger partial charge in [0.15, 0.2) is 0 Å². The summed E-state index contributed by atoms with van der Waals surface area (Å²) in [6.45, 7) is 4.89. The largest absolute Gasteiger partial charge is 0.494 e. The third kappa shape index (κ3) is 6.40. The molecule has 33 heavy (non-hydrogen) atoms. The molecule has 2 aliphatic carbocycles. The van der Waals surface area contributed by atoms with Crippen LogP contribution in [0.5, 0.6) is 11.5 Å². The number of benzene rings is 2. The molecular formula is C30H40O3. The number of hydrogen-bond donors (Lipinski definition) is 0. The van der Waals surface area contributed by atoms with E-state index < -0.39 is 0 Å². The molecule has 3 nitrogen and oxygen atoms in total. The lowest BCUT2D eigenvalue weighted by Gasteiger charge is -2.38. The molecule has 2 aromatic carbocycles. The number of esters is 1. The topological polar surface area (TPSA) is 35.5 Å². The van der Waals surface area contributed by atoms with Crippen molar-refractivity contribution in [2.45, 2.75) is 84.0 Å². The Morgan fingerprint density at radius 3 is 1.91 bits per heavy atom. The lowest BCUT2D eigenvalue weighted by molar-refractivity contribution is 0.0734. The van der Waals surface area contributed by atoms with E-state index in [2.05, 4.69) is 19.1 Å². The number of rotatable bonds is 8. The summed E-state index contributed by atoms with van der Waals surface area (Å²) < 4.78 is 11.0. The molecule has 178 valence electrons. The van der Waals surface area contributed by atoms with Crippen molar-refractivity contribution in [2.75, 3.05) is 6.61 Å². The van der Waals surface area contributed by atoms with E-state index in [1.54, 1.807) is 12.1 Å². The van der Waals surface area contributed by atoms with Gasteiger partial charge in [0.25, 0.3) is 0 Å². The van der Waals surface area contributed by atoms with Crippen molar-refractivity contribution in [1.29, 1.82) is 0 Å². The molecule has 0 saturated heterocycles. The minimum Gasteiger partial charge on any atom is -0.494 e. The zero-order chi connectivity index (χ0) is 23.0. The summed E-state index contributed by atoms with van der Waals surface area (Å²) in [4.78, 5) is 12.5. The molecule has 0 radical (unpaired) electrons. The number of carbonyl (C=O) groups is 1. The Balaban J connectivity index is 1.25. The van der Waals surface area contributed by atoms with Crippen molar-refractivity contribution < 1.29 is 14.3 Å². The minimum atomic E-state index is -0.312. The zero-order valence-corrected chi connectivity index (χ0v) is 20.4. The Morgan fingerprint density at radius 2 is 1.33 bits per heavy atom. The van der Waals surface area contributed by atoms with E-state index in [9.17, 15) is 4.79 Å². The molecular weight excluding hydrogens is 408 g/mol. The molecule has 4 rings (SSSR count). The van der Waals surface area contributed by atoms with Gasteiger partial charge < -0.3 is 9.47 Å². The maximum Gasteiger partial charge on any atom is 0.343 e. The van der Waals surface area contributed by atoms with E-state index >= 15 is 0 Å². The molecule has 2 aromatic rings. The summed E-state index contributed by atoms with van der Waals surface area (Å²) in [5, 5.41) is 0. The van der Waals surface area contributed by atoms with E-state index in [1.165, 1.54) is 69.8 Å². The highest BCUT2D eigenvalue weighted by molar-refractivity contribution is 5.91. The summed E-state index contributed by atoms with van der Waals surface area (Å²) >= 11 is 0. The lowest BCUT2D eigenvalue weighted by Crippen LogP contribution is -2.25. The molecule has 2 fully saturated rings. The van der Waals surface area contributed by atoms with Crippen molar-refractivity contribution in [3.05, 3.63) is 59.7 Å². The molecule has 2 saturated carbocycles. The summed E-state index contributed by atoms with van der Waals surface area (Å²) in [6.07, 6.45) is 14.0. The van der Waals surface area contributed by atoms with E-state index in [-0.39, 0.29) is 5.97 Å². The van der Waals surface area contributed by atoms with Gasteiger partial charge in [-0.05, 0) is 111 Å². The summed E-state index contributed by atoms with van der Waals surface area (Å²) in [6, 6.07) is 15.3. The van der Waals surface area contributed by atoms with Crippen LogP contribution >= 0.6 is 0 Å². The van der Waals surface area contributed by atoms with Gasteiger partial charge in [-0.1, -0.05) is 44.7 Å². The molecule has 2 aliphatic rings. The van der Waals surface area contributed by atoms with Gasteiger partial charge >= 0.3 is 5.97 Å². The molecule has 0 N–H and O–H groups in total. The Labute approximate surface area is 199 Å². The summed E-state index contributed by atoms with van der Waals surface area (Å²) in [5.41, 5.74) is 1.97. The van der Waals surface area contributed by atoms with Crippen LogP contribution in [0.15, 0.2) is 48.5 Å². The summed E-state index contributed by atoms with van der Waals surface area (Å²) in [7, 11) is 0. The lowest BCUT2D eigenvalue weighted by atomic mass is 9.68. The van der Waals surface area contributed by atoms with Crippen molar-refractivity contribution in [3.8, 4) is 11.5 Å². The second kappa shape index (κ2) is 11.7. The van der Waals surface area contributed by atoms with Crippen molar-refractivity contribution in [3.63, 3.8) is 0 Å². The Hall–Kier alpha value is -2.29. The molecule has 0 atom stereocenters. The molecule has 0 aromatic heterocycles. The van der Waals surface area contributed by atoms with Crippen LogP contribution in [0.4, 0.5) is 0 Å². The van der Waals surface area contributed by atoms with Crippen LogP contribution in [-0.4, -0.2) is 12.6 Å². The van der Waals surface area contributed by atoms with E-state index in [0.29, 0.717) is 23.8 Å². The van der Waals surface area contributed by atoms with Gasteiger partial charge in [0.2, 0.25) is 0 Å². The fourth-order valence-electron chi connectivity index (χ4n) is 6.11. The SMILES string of the molecule is CCC[C@H]1CC[C@H](C2CCC(c3ccc(C(=O)Oc4ccc(OCC)cc4)cc3)CC2)CC1. The van der Waals surface area contributed by atoms with Crippen LogP contribution in [0, 0.1) is 17.8 Å². The third-order valence-corrected chi connectivity index (χ3v) is 7.99.